The number of anilines is 3. The lowest BCUT2D eigenvalue weighted by Crippen LogP contribution is -2.18. The molecule has 0 fully saturated rings. The summed E-state index contributed by atoms with van der Waals surface area (Å²) in [6.45, 7) is 9.46. The van der Waals surface area contributed by atoms with Crippen molar-refractivity contribution >= 4 is 28.4 Å². The van der Waals surface area contributed by atoms with Crippen LogP contribution in [0.1, 0.15) is 54.8 Å². The smallest absolute Gasteiger partial charge is 0.0774 e. The van der Waals surface area contributed by atoms with Crippen molar-refractivity contribution in [1.82, 2.24) is 0 Å². The Bertz CT molecular complexity index is 1960. The van der Waals surface area contributed by atoms with Crippen LogP contribution in [0.15, 0.2) is 121 Å². The number of nitrogens with zero attached hydrogens (tertiary/aromatic N) is 1. The maximum atomic E-state index is 9.59. The van der Waals surface area contributed by atoms with E-state index in [4.69, 9.17) is 0 Å². The van der Waals surface area contributed by atoms with Crippen molar-refractivity contribution < 1.29 is 5.11 Å². The molecule has 0 amide bonds. The molecule has 6 aromatic rings. The zero-order valence-electron chi connectivity index (χ0n) is 25.6. The van der Waals surface area contributed by atoms with Crippen molar-refractivity contribution in [3.63, 3.8) is 0 Å². The fourth-order valence-electron chi connectivity index (χ4n) is 7.50. The average Bonchev–Trinajstić information content (AvgIpc) is 3.69. The first-order chi connectivity index (χ1) is 21.3. The highest BCUT2D eigenvalue weighted by molar-refractivity contribution is 7.15. The third kappa shape index (κ3) is 3.96. The summed E-state index contributed by atoms with van der Waals surface area (Å²) in [6.07, 6.45) is 0. The molecule has 44 heavy (non-hydrogen) atoms. The average molecular weight is 590 g/mol. The van der Waals surface area contributed by atoms with Crippen molar-refractivity contribution in [1.29, 1.82) is 0 Å². The molecule has 0 atom stereocenters. The zero-order chi connectivity index (χ0) is 30.2. The van der Waals surface area contributed by atoms with Crippen LogP contribution < -0.4 is 4.90 Å². The van der Waals surface area contributed by atoms with Gasteiger partial charge < -0.3 is 10.0 Å². The van der Waals surface area contributed by atoms with Gasteiger partial charge in [0.2, 0.25) is 0 Å². The van der Waals surface area contributed by atoms with E-state index in [0.29, 0.717) is 0 Å². The molecule has 0 bridgehead atoms. The second-order valence-corrected chi connectivity index (χ2v) is 14.3. The van der Waals surface area contributed by atoms with Crippen molar-refractivity contribution in [3.05, 3.63) is 148 Å². The molecule has 1 heterocycles. The molecular weight excluding hydrogens is 555 g/mol. The Morgan fingerprint density at radius 2 is 1.00 bits per heavy atom. The largest absolute Gasteiger partial charge is 0.391 e. The number of rotatable bonds is 5. The Labute approximate surface area is 263 Å². The zero-order valence-corrected chi connectivity index (χ0v) is 26.4. The van der Waals surface area contributed by atoms with Gasteiger partial charge in [0.1, 0.15) is 0 Å². The molecular formula is C41H35NOS. The maximum Gasteiger partial charge on any atom is 0.0774 e. The van der Waals surface area contributed by atoms with Gasteiger partial charge in [-0.25, -0.2) is 0 Å². The molecule has 1 N–H and O–H groups in total. The standard InChI is InChI=1S/C41H35NOS/c1-40(2)35-11-7-5-9-31(35)33-20-17-28(23-37(33)40)42(27-15-13-26(14-16-27)39-22-19-30(25-43)44-39)29-18-21-34-32-10-6-8-12-36(32)41(3,4)38(34)24-29/h5-24,43H,25H2,1-4H3. The molecule has 0 aliphatic heterocycles. The van der Waals surface area contributed by atoms with E-state index in [0.717, 1.165) is 27.5 Å². The lowest BCUT2D eigenvalue weighted by atomic mass is 9.82. The molecule has 3 heteroatoms. The van der Waals surface area contributed by atoms with Crippen LogP contribution in [-0.2, 0) is 17.4 Å². The molecule has 216 valence electrons. The van der Waals surface area contributed by atoms with Gasteiger partial charge in [0, 0.05) is 37.6 Å². The van der Waals surface area contributed by atoms with Gasteiger partial charge in [-0.2, -0.15) is 0 Å². The fraction of sp³-hybridized carbons (Fsp3) is 0.171. The van der Waals surface area contributed by atoms with Crippen molar-refractivity contribution in [2.45, 2.75) is 45.1 Å². The summed E-state index contributed by atoms with van der Waals surface area (Å²) in [6, 6.07) is 44.7. The van der Waals surface area contributed by atoms with Gasteiger partial charge in [0.15, 0.2) is 0 Å². The molecule has 0 saturated heterocycles. The number of hydrogen-bond donors (Lipinski definition) is 1. The highest BCUT2D eigenvalue weighted by Gasteiger charge is 2.37. The summed E-state index contributed by atoms with van der Waals surface area (Å²) in [5, 5.41) is 9.59. The molecule has 5 aromatic carbocycles. The summed E-state index contributed by atoms with van der Waals surface area (Å²) >= 11 is 1.64. The quantitative estimate of drug-likeness (QED) is 0.216. The van der Waals surface area contributed by atoms with E-state index < -0.39 is 0 Å². The Balaban J connectivity index is 1.28. The van der Waals surface area contributed by atoms with Gasteiger partial charge in [-0.1, -0.05) is 100 Å². The molecule has 1 aromatic heterocycles. The van der Waals surface area contributed by atoms with E-state index in [1.807, 2.05) is 6.07 Å². The van der Waals surface area contributed by atoms with Crippen LogP contribution in [0.4, 0.5) is 17.1 Å². The minimum Gasteiger partial charge on any atom is -0.391 e. The second kappa shape index (κ2) is 9.79. The Hall–Kier alpha value is -4.44. The highest BCUT2D eigenvalue weighted by atomic mass is 32.1. The Kier molecular flexibility index (Phi) is 6.03. The molecule has 2 nitrogen and oxygen atoms in total. The summed E-state index contributed by atoms with van der Waals surface area (Å²) in [4.78, 5) is 4.56. The number of aliphatic hydroxyl groups excluding tert-OH is 1. The first-order valence-corrected chi connectivity index (χ1v) is 16.2. The Morgan fingerprint density at radius 3 is 1.50 bits per heavy atom. The molecule has 8 rings (SSSR count). The lowest BCUT2D eigenvalue weighted by molar-refractivity contribution is 0.285. The second-order valence-electron chi connectivity index (χ2n) is 13.1. The van der Waals surface area contributed by atoms with Crippen LogP contribution in [0, 0.1) is 0 Å². The molecule has 0 radical (unpaired) electrons. The van der Waals surface area contributed by atoms with Gasteiger partial charge in [-0.3, -0.25) is 0 Å². The number of aliphatic hydroxyl groups is 1. The van der Waals surface area contributed by atoms with Crippen LogP contribution in [0.2, 0.25) is 0 Å². The van der Waals surface area contributed by atoms with E-state index in [2.05, 4.69) is 148 Å². The SMILES string of the molecule is CC1(C)c2ccccc2-c2ccc(N(c3ccc(-c4ccc(CO)s4)cc3)c3ccc4c(c3)C(C)(C)c3ccccc3-4)cc21. The van der Waals surface area contributed by atoms with E-state index in [9.17, 15) is 5.11 Å². The monoisotopic (exact) mass is 589 g/mol. The van der Waals surface area contributed by atoms with Crippen molar-refractivity contribution in [2.24, 2.45) is 0 Å². The number of hydrogen-bond acceptors (Lipinski definition) is 3. The normalized spacial score (nSPS) is 14.9. The van der Waals surface area contributed by atoms with Gasteiger partial charge in [-0.05, 0) is 98.6 Å². The maximum absolute atomic E-state index is 9.59. The van der Waals surface area contributed by atoms with E-state index in [1.54, 1.807) is 11.3 Å². The van der Waals surface area contributed by atoms with Crippen molar-refractivity contribution in [2.75, 3.05) is 4.90 Å². The third-order valence-electron chi connectivity index (χ3n) is 9.88. The minimum absolute atomic E-state index is 0.0770. The summed E-state index contributed by atoms with van der Waals surface area (Å²) in [5.74, 6) is 0. The van der Waals surface area contributed by atoms with E-state index in [1.165, 1.54) is 49.4 Å². The van der Waals surface area contributed by atoms with Gasteiger partial charge in [0.05, 0.1) is 6.61 Å². The highest BCUT2D eigenvalue weighted by Crippen LogP contribution is 2.53. The first-order valence-electron chi connectivity index (χ1n) is 15.4. The predicted molar refractivity (Wildman–Crippen MR) is 185 cm³/mol. The van der Waals surface area contributed by atoms with Gasteiger partial charge >= 0.3 is 0 Å². The molecule has 0 unspecified atom stereocenters. The molecule has 0 spiro atoms. The molecule has 2 aliphatic rings. The fourth-order valence-corrected chi connectivity index (χ4v) is 8.38. The topological polar surface area (TPSA) is 23.5 Å². The van der Waals surface area contributed by atoms with Crippen LogP contribution in [0.25, 0.3) is 32.7 Å². The van der Waals surface area contributed by atoms with Crippen LogP contribution in [0.5, 0.6) is 0 Å². The summed E-state index contributed by atoms with van der Waals surface area (Å²) < 4.78 is 0. The number of benzene rings is 5. The van der Waals surface area contributed by atoms with Gasteiger partial charge in [-0.15, -0.1) is 11.3 Å². The predicted octanol–water partition coefficient (Wildman–Crippen LogP) is 11.0. The van der Waals surface area contributed by atoms with Crippen LogP contribution >= 0.6 is 11.3 Å². The van der Waals surface area contributed by atoms with Crippen LogP contribution in [-0.4, -0.2) is 5.11 Å². The van der Waals surface area contributed by atoms with Crippen LogP contribution in [0.3, 0.4) is 0 Å². The summed E-state index contributed by atoms with van der Waals surface area (Å²) in [7, 11) is 0. The number of thiophene rings is 1. The number of fused-ring (bicyclic) bond motifs is 6. The van der Waals surface area contributed by atoms with E-state index in [-0.39, 0.29) is 17.4 Å². The minimum atomic E-state index is -0.0807. The van der Waals surface area contributed by atoms with E-state index >= 15 is 0 Å². The summed E-state index contributed by atoms with van der Waals surface area (Å²) in [5.41, 5.74) is 15.3. The first kappa shape index (κ1) is 27.1. The van der Waals surface area contributed by atoms with Gasteiger partial charge in [0.25, 0.3) is 0 Å². The molecule has 2 aliphatic carbocycles. The third-order valence-corrected chi connectivity index (χ3v) is 11.0. The Morgan fingerprint density at radius 1 is 0.523 bits per heavy atom. The lowest BCUT2D eigenvalue weighted by Gasteiger charge is -2.30. The molecule has 0 saturated carbocycles. The van der Waals surface area contributed by atoms with Crippen molar-refractivity contribution in [3.8, 4) is 32.7 Å².